The van der Waals surface area contributed by atoms with Crippen LogP contribution in [-0.4, -0.2) is 73.2 Å². The van der Waals surface area contributed by atoms with E-state index in [9.17, 15) is 9.59 Å². The molecule has 0 aromatic carbocycles. The van der Waals surface area contributed by atoms with E-state index in [2.05, 4.69) is 4.90 Å². The average Bonchev–Trinajstić information content (AvgIpc) is 2.36. The first-order valence-corrected chi connectivity index (χ1v) is 6.27. The number of ether oxygens (including phenoxy) is 1. The molecular formula is C12H22N2O4. The highest BCUT2D eigenvalue weighted by atomic mass is 16.5. The van der Waals surface area contributed by atoms with Crippen molar-refractivity contribution in [3.8, 4) is 0 Å². The summed E-state index contributed by atoms with van der Waals surface area (Å²) in [6.07, 6.45) is 0.433. The first kappa shape index (κ1) is 14.9. The highest BCUT2D eigenvalue weighted by Gasteiger charge is 2.18. The van der Waals surface area contributed by atoms with Crippen LogP contribution in [0.2, 0.25) is 0 Å². The molecule has 0 saturated carbocycles. The van der Waals surface area contributed by atoms with Crippen LogP contribution in [0, 0.1) is 5.92 Å². The second kappa shape index (κ2) is 7.33. The van der Waals surface area contributed by atoms with Gasteiger partial charge in [-0.05, 0) is 0 Å². The molecule has 1 fully saturated rings. The van der Waals surface area contributed by atoms with Crippen molar-refractivity contribution < 1.29 is 19.4 Å². The smallest absolute Gasteiger partial charge is 0.308 e. The maximum atomic E-state index is 11.8. The fourth-order valence-corrected chi connectivity index (χ4v) is 1.86. The zero-order valence-electron chi connectivity index (χ0n) is 11.1. The van der Waals surface area contributed by atoms with Gasteiger partial charge in [-0.15, -0.1) is 0 Å². The number of carboxylic acid groups (broad SMARTS) is 1. The highest BCUT2D eigenvalue weighted by molar-refractivity contribution is 5.77. The minimum Gasteiger partial charge on any atom is -0.481 e. The van der Waals surface area contributed by atoms with E-state index in [0.717, 1.165) is 26.3 Å². The predicted molar refractivity (Wildman–Crippen MR) is 66.3 cm³/mol. The molecule has 104 valence electrons. The van der Waals surface area contributed by atoms with Crippen molar-refractivity contribution in [2.45, 2.75) is 13.3 Å². The molecule has 1 amide bonds. The molecule has 1 aliphatic rings. The average molecular weight is 258 g/mol. The summed E-state index contributed by atoms with van der Waals surface area (Å²) in [5.41, 5.74) is 0. The third-order valence-corrected chi connectivity index (χ3v) is 3.14. The Bertz CT molecular complexity index is 290. The molecule has 0 aromatic rings. The van der Waals surface area contributed by atoms with Gasteiger partial charge >= 0.3 is 5.97 Å². The lowest BCUT2D eigenvalue weighted by Gasteiger charge is -2.27. The number of carboxylic acids is 1. The van der Waals surface area contributed by atoms with Gasteiger partial charge in [0.25, 0.3) is 0 Å². The van der Waals surface area contributed by atoms with E-state index < -0.39 is 11.9 Å². The van der Waals surface area contributed by atoms with E-state index in [0.29, 0.717) is 13.0 Å². The lowest BCUT2D eigenvalue weighted by molar-refractivity contribution is -0.142. The van der Waals surface area contributed by atoms with Gasteiger partial charge in [-0.1, -0.05) is 6.92 Å². The summed E-state index contributed by atoms with van der Waals surface area (Å²) in [6, 6.07) is 0. The molecule has 18 heavy (non-hydrogen) atoms. The Morgan fingerprint density at radius 1 is 1.39 bits per heavy atom. The number of amides is 1. The van der Waals surface area contributed by atoms with Crippen molar-refractivity contribution in [1.82, 2.24) is 9.80 Å². The summed E-state index contributed by atoms with van der Waals surface area (Å²) < 4.78 is 5.23. The van der Waals surface area contributed by atoms with Gasteiger partial charge < -0.3 is 14.7 Å². The van der Waals surface area contributed by atoms with E-state index >= 15 is 0 Å². The summed E-state index contributed by atoms with van der Waals surface area (Å²) >= 11 is 0. The quantitative estimate of drug-likeness (QED) is 0.719. The van der Waals surface area contributed by atoms with Crippen LogP contribution in [0.15, 0.2) is 0 Å². The fourth-order valence-electron chi connectivity index (χ4n) is 1.86. The van der Waals surface area contributed by atoms with Gasteiger partial charge in [0.15, 0.2) is 0 Å². The number of nitrogens with zero attached hydrogens (tertiary/aromatic N) is 2. The minimum atomic E-state index is -0.872. The highest BCUT2D eigenvalue weighted by Crippen LogP contribution is 2.03. The summed E-state index contributed by atoms with van der Waals surface area (Å²) in [7, 11) is 1.65. The van der Waals surface area contributed by atoms with Crippen LogP contribution in [0.3, 0.4) is 0 Å². The zero-order chi connectivity index (χ0) is 13.5. The van der Waals surface area contributed by atoms with Crippen LogP contribution in [0.1, 0.15) is 13.3 Å². The van der Waals surface area contributed by atoms with Crippen LogP contribution in [0.4, 0.5) is 0 Å². The molecule has 0 radical (unpaired) electrons. The maximum absolute atomic E-state index is 11.8. The van der Waals surface area contributed by atoms with Gasteiger partial charge in [-0.3, -0.25) is 14.5 Å². The van der Waals surface area contributed by atoms with Crippen molar-refractivity contribution in [3.63, 3.8) is 0 Å². The molecule has 6 nitrogen and oxygen atoms in total. The topological polar surface area (TPSA) is 70.1 Å². The summed E-state index contributed by atoms with van der Waals surface area (Å²) in [6.45, 7) is 5.75. The molecular weight excluding hydrogens is 236 g/mol. The van der Waals surface area contributed by atoms with Crippen molar-refractivity contribution in [1.29, 1.82) is 0 Å². The van der Waals surface area contributed by atoms with Gasteiger partial charge in [0.05, 0.1) is 19.1 Å². The van der Waals surface area contributed by atoms with Crippen LogP contribution in [0.5, 0.6) is 0 Å². The van der Waals surface area contributed by atoms with Crippen molar-refractivity contribution in [3.05, 3.63) is 0 Å². The van der Waals surface area contributed by atoms with Crippen molar-refractivity contribution in [2.75, 3.05) is 46.4 Å². The Kier molecular flexibility index (Phi) is 6.07. The number of aliphatic carboxylic acids is 1. The normalized spacial score (nSPS) is 18.3. The molecule has 1 atom stereocenters. The molecule has 0 bridgehead atoms. The maximum Gasteiger partial charge on any atom is 0.308 e. The summed E-state index contributed by atoms with van der Waals surface area (Å²) in [4.78, 5) is 26.2. The lowest BCUT2D eigenvalue weighted by atomic mass is 10.1. The monoisotopic (exact) mass is 258 g/mol. The first-order chi connectivity index (χ1) is 8.50. The second-order valence-corrected chi connectivity index (χ2v) is 4.72. The third kappa shape index (κ3) is 5.01. The predicted octanol–water partition coefficient (Wildman–Crippen LogP) is -0.112. The molecule has 1 saturated heterocycles. The number of hydrogen-bond acceptors (Lipinski definition) is 4. The van der Waals surface area contributed by atoms with Gasteiger partial charge in [0.2, 0.25) is 5.91 Å². The molecule has 6 heteroatoms. The van der Waals surface area contributed by atoms with Crippen molar-refractivity contribution in [2.24, 2.45) is 5.92 Å². The number of rotatable bonds is 6. The molecule has 1 rings (SSSR count). The minimum absolute atomic E-state index is 0.00501. The van der Waals surface area contributed by atoms with Crippen LogP contribution < -0.4 is 0 Å². The molecule has 1 unspecified atom stereocenters. The molecule has 1 heterocycles. The van der Waals surface area contributed by atoms with Crippen LogP contribution in [-0.2, 0) is 14.3 Å². The third-order valence-electron chi connectivity index (χ3n) is 3.14. The van der Waals surface area contributed by atoms with E-state index in [1.807, 2.05) is 0 Å². The molecule has 0 spiro atoms. The SMILES string of the molecule is CC(CN(C)C(=O)CCN1CCOCC1)C(=O)O. The summed E-state index contributed by atoms with van der Waals surface area (Å²) in [5, 5.41) is 8.79. The largest absolute Gasteiger partial charge is 0.481 e. The van der Waals surface area contributed by atoms with Gasteiger partial charge in [-0.25, -0.2) is 0 Å². The number of carbonyl (C=O) groups excluding carboxylic acids is 1. The molecule has 0 aromatic heterocycles. The van der Waals surface area contributed by atoms with E-state index in [1.165, 1.54) is 4.90 Å². The Morgan fingerprint density at radius 3 is 2.56 bits per heavy atom. The zero-order valence-corrected chi connectivity index (χ0v) is 11.1. The Morgan fingerprint density at radius 2 is 2.00 bits per heavy atom. The lowest BCUT2D eigenvalue weighted by Crippen LogP contribution is -2.40. The Balaban J connectivity index is 2.24. The van der Waals surface area contributed by atoms with Gasteiger partial charge in [0.1, 0.15) is 0 Å². The number of hydrogen-bond donors (Lipinski definition) is 1. The standard InChI is InChI=1S/C12H22N2O4/c1-10(12(16)17)9-13(2)11(15)3-4-14-5-7-18-8-6-14/h10H,3-9H2,1-2H3,(H,16,17). The molecule has 0 aliphatic carbocycles. The Labute approximate surface area is 107 Å². The van der Waals surface area contributed by atoms with Crippen LogP contribution in [0.25, 0.3) is 0 Å². The van der Waals surface area contributed by atoms with E-state index in [4.69, 9.17) is 9.84 Å². The van der Waals surface area contributed by atoms with E-state index in [1.54, 1.807) is 14.0 Å². The summed E-state index contributed by atoms with van der Waals surface area (Å²) in [5.74, 6) is -1.40. The number of carbonyl (C=O) groups is 2. The van der Waals surface area contributed by atoms with Gasteiger partial charge in [0, 0.05) is 39.6 Å². The fraction of sp³-hybridized carbons (Fsp3) is 0.833. The number of morpholine rings is 1. The molecule has 1 N–H and O–H groups in total. The molecule has 1 aliphatic heterocycles. The Hall–Kier alpha value is -1.14. The van der Waals surface area contributed by atoms with Crippen LogP contribution >= 0.6 is 0 Å². The van der Waals surface area contributed by atoms with Crippen molar-refractivity contribution >= 4 is 11.9 Å². The van der Waals surface area contributed by atoms with Gasteiger partial charge in [-0.2, -0.15) is 0 Å². The second-order valence-electron chi connectivity index (χ2n) is 4.72. The van der Waals surface area contributed by atoms with E-state index in [-0.39, 0.29) is 12.5 Å². The first-order valence-electron chi connectivity index (χ1n) is 6.27.